The molecular weight excluding hydrogens is 418 g/mol. The summed E-state index contributed by atoms with van der Waals surface area (Å²) in [5.41, 5.74) is 5.97. The van der Waals surface area contributed by atoms with Gasteiger partial charge in [0.25, 0.3) is 0 Å². The maximum absolute atomic E-state index is 13.2. The van der Waals surface area contributed by atoms with E-state index in [1.54, 1.807) is 0 Å². The van der Waals surface area contributed by atoms with Crippen LogP contribution in [0.2, 0.25) is 0 Å². The molecule has 164 valence electrons. The fraction of sp³-hybridized carbons (Fsp3) is 0.308. The van der Waals surface area contributed by atoms with Crippen LogP contribution in [0.3, 0.4) is 0 Å². The molecule has 32 heavy (non-hydrogen) atoms. The summed E-state index contributed by atoms with van der Waals surface area (Å²) in [5.74, 6) is 0.480. The number of para-hydroxylation sites is 3. The minimum absolute atomic E-state index is 0.133. The molecule has 1 aliphatic rings. The maximum atomic E-state index is 13.2. The van der Waals surface area contributed by atoms with Gasteiger partial charge in [0, 0.05) is 35.8 Å². The monoisotopic (exact) mass is 445 g/mol. The standard InChI is InChI=1S/C26H27N3O2S/c1-18-15-22(19(2)28(18)16-21-11-8-14-31-21)25(30)17-32-26-27-23-12-6-7-13-24(23)29(26)20-9-4-3-5-10-20/h3-7,9-10,12-13,15,21H,8,11,14,16-17H2,1-2H3/t21-/m0/s1. The number of hydrogen-bond donors (Lipinski definition) is 0. The van der Waals surface area contributed by atoms with Crippen LogP contribution in [-0.4, -0.2) is 38.4 Å². The van der Waals surface area contributed by atoms with Crippen molar-refractivity contribution >= 4 is 28.6 Å². The van der Waals surface area contributed by atoms with E-state index < -0.39 is 0 Å². The lowest BCUT2D eigenvalue weighted by molar-refractivity contribution is 0.0957. The van der Waals surface area contributed by atoms with E-state index in [0.29, 0.717) is 5.75 Å². The summed E-state index contributed by atoms with van der Waals surface area (Å²) < 4.78 is 10.2. The van der Waals surface area contributed by atoms with Crippen molar-refractivity contribution in [1.29, 1.82) is 0 Å². The quantitative estimate of drug-likeness (QED) is 0.275. The summed E-state index contributed by atoms with van der Waals surface area (Å²) in [4.78, 5) is 18.0. The summed E-state index contributed by atoms with van der Waals surface area (Å²) in [6.45, 7) is 5.77. The number of thioether (sulfide) groups is 1. The van der Waals surface area contributed by atoms with E-state index >= 15 is 0 Å². The summed E-state index contributed by atoms with van der Waals surface area (Å²) in [6.07, 6.45) is 2.46. The van der Waals surface area contributed by atoms with Gasteiger partial charge in [-0.2, -0.15) is 0 Å². The number of aryl methyl sites for hydroxylation is 1. The van der Waals surface area contributed by atoms with Crippen LogP contribution in [0.4, 0.5) is 0 Å². The Kier molecular flexibility index (Phi) is 5.89. The number of nitrogens with zero attached hydrogens (tertiary/aromatic N) is 3. The Hall–Kier alpha value is -2.83. The third kappa shape index (κ3) is 4.00. The van der Waals surface area contributed by atoms with Gasteiger partial charge in [-0.3, -0.25) is 9.36 Å². The Balaban J connectivity index is 1.39. The predicted octanol–water partition coefficient (Wildman–Crippen LogP) is 5.60. The van der Waals surface area contributed by atoms with Crippen molar-refractivity contribution in [3.8, 4) is 5.69 Å². The molecule has 0 radical (unpaired) electrons. The van der Waals surface area contributed by atoms with E-state index in [1.165, 1.54) is 11.8 Å². The average Bonchev–Trinajstić information content (AvgIpc) is 3.52. The van der Waals surface area contributed by atoms with Gasteiger partial charge in [-0.05, 0) is 57.0 Å². The molecule has 6 heteroatoms. The number of aromatic nitrogens is 3. The molecule has 4 aromatic rings. The van der Waals surface area contributed by atoms with Gasteiger partial charge < -0.3 is 9.30 Å². The van der Waals surface area contributed by atoms with Crippen molar-refractivity contribution in [2.75, 3.05) is 12.4 Å². The lowest BCUT2D eigenvalue weighted by atomic mass is 10.2. The van der Waals surface area contributed by atoms with Crippen molar-refractivity contribution in [2.24, 2.45) is 0 Å². The molecule has 0 bridgehead atoms. The van der Waals surface area contributed by atoms with Gasteiger partial charge in [0.05, 0.1) is 22.9 Å². The molecule has 2 aromatic carbocycles. The minimum Gasteiger partial charge on any atom is -0.376 e. The SMILES string of the molecule is Cc1cc(C(=O)CSc2nc3ccccc3n2-c2ccccc2)c(C)n1C[C@@H]1CCCO1. The highest BCUT2D eigenvalue weighted by Gasteiger charge is 2.22. The first-order valence-corrected chi connectivity index (χ1v) is 12.1. The Labute approximate surface area is 192 Å². The van der Waals surface area contributed by atoms with Crippen LogP contribution in [0.25, 0.3) is 16.7 Å². The Morgan fingerprint density at radius 2 is 1.91 bits per heavy atom. The zero-order valence-electron chi connectivity index (χ0n) is 18.5. The molecule has 3 heterocycles. The maximum Gasteiger partial charge on any atom is 0.175 e. The average molecular weight is 446 g/mol. The largest absolute Gasteiger partial charge is 0.376 e. The van der Waals surface area contributed by atoms with E-state index in [1.807, 2.05) is 49.4 Å². The number of ether oxygens (including phenoxy) is 1. The number of ketones is 1. The number of hydrogen-bond acceptors (Lipinski definition) is 4. The molecule has 0 saturated carbocycles. The van der Waals surface area contributed by atoms with Gasteiger partial charge in [0.2, 0.25) is 0 Å². The third-order valence-corrected chi connectivity index (χ3v) is 7.10. The van der Waals surface area contributed by atoms with E-state index in [-0.39, 0.29) is 11.9 Å². The number of carbonyl (C=O) groups excluding carboxylic acids is 1. The molecule has 1 atom stereocenters. The van der Waals surface area contributed by atoms with Crippen LogP contribution >= 0.6 is 11.8 Å². The van der Waals surface area contributed by atoms with Crippen molar-refractivity contribution in [3.05, 3.63) is 77.6 Å². The Morgan fingerprint density at radius 1 is 1.12 bits per heavy atom. The van der Waals surface area contributed by atoms with Crippen LogP contribution in [-0.2, 0) is 11.3 Å². The molecule has 1 fully saturated rings. The Morgan fingerprint density at radius 3 is 2.69 bits per heavy atom. The van der Waals surface area contributed by atoms with Crippen LogP contribution < -0.4 is 0 Å². The molecule has 0 aliphatic carbocycles. The van der Waals surface area contributed by atoms with Crippen LogP contribution in [0, 0.1) is 13.8 Å². The van der Waals surface area contributed by atoms with Gasteiger partial charge in [-0.25, -0.2) is 4.98 Å². The molecule has 0 spiro atoms. The van der Waals surface area contributed by atoms with Crippen LogP contribution in [0.1, 0.15) is 34.6 Å². The summed E-state index contributed by atoms with van der Waals surface area (Å²) in [6, 6.07) is 20.3. The molecule has 5 rings (SSSR count). The van der Waals surface area contributed by atoms with Gasteiger partial charge >= 0.3 is 0 Å². The predicted molar refractivity (Wildman–Crippen MR) is 129 cm³/mol. The highest BCUT2D eigenvalue weighted by atomic mass is 32.2. The molecular formula is C26H27N3O2S. The third-order valence-electron chi connectivity index (χ3n) is 6.16. The number of Topliss-reactive ketones (excluding diaryl/α,β-unsaturated/α-hetero) is 1. The second-order valence-corrected chi connectivity index (χ2v) is 9.24. The highest BCUT2D eigenvalue weighted by molar-refractivity contribution is 7.99. The van der Waals surface area contributed by atoms with Crippen molar-refractivity contribution in [3.63, 3.8) is 0 Å². The highest BCUT2D eigenvalue weighted by Crippen LogP contribution is 2.29. The van der Waals surface area contributed by atoms with E-state index in [0.717, 1.165) is 64.8 Å². The Bertz CT molecular complexity index is 1250. The number of rotatable bonds is 7. The van der Waals surface area contributed by atoms with Crippen LogP contribution in [0.15, 0.2) is 65.8 Å². The summed E-state index contributed by atoms with van der Waals surface area (Å²) >= 11 is 1.50. The fourth-order valence-electron chi connectivity index (χ4n) is 4.49. The first-order valence-electron chi connectivity index (χ1n) is 11.1. The smallest absolute Gasteiger partial charge is 0.175 e. The topological polar surface area (TPSA) is 49.0 Å². The molecule has 0 N–H and O–H groups in total. The van der Waals surface area contributed by atoms with Gasteiger partial charge in [0.1, 0.15) is 0 Å². The van der Waals surface area contributed by atoms with Gasteiger partial charge in [0.15, 0.2) is 10.9 Å². The zero-order valence-corrected chi connectivity index (χ0v) is 19.3. The summed E-state index contributed by atoms with van der Waals surface area (Å²) in [5, 5.41) is 0.832. The molecule has 1 saturated heterocycles. The van der Waals surface area contributed by atoms with E-state index in [9.17, 15) is 4.79 Å². The van der Waals surface area contributed by atoms with Crippen molar-refractivity contribution in [1.82, 2.24) is 14.1 Å². The van der Waals surface area contributed by atoms with Gasteiger partial charge in [-0.15, -0.1) is 0 Å². The first kappa shape index (κ1) is 21.0. The fourth-order valence-corrected chi connectivity index (χ4v) is 5.40. The van der Waals surface area contributed by atoms with Crippen molar-refractivity contribution < 1.29 is 9.53 Å². The summed E-state index contributed by atoms with van der Waals surface area (Å²) in [7, 11) is 0. The molecule has 0 amide bonds. The molecule has 1 aliphatic heterocycles. The van der Waals surface area contributed by atoms with E-state index in [4.69, 9.17) is 9.72 Å². The second kappa shape index (κ2) is 8.96. The lowest BCUT2D eigenvalue weighted by Gasteiger charge is -2.14. The number of fused-ring (bicyclic) bond motifs is 1. The number of carbonyl (C=O) groups is 1. The first-order chi connectivity index (χ1) is 15.6. The van der Waals surface area contributed by atoms with E-state index in [2.05, 4.69) is 34.3 Å². The van der Waals surface area contributed by atoms with Gasteiger partial charge in [-0.1, -0.05) is 42.1 Å². The molecule has 2 aromatic heterocycles. The molecule has 0 unspecified atom stereocenters. The second-order valence-electron chi connectivity index (χ2n) is 8.30. The van der Waals surface area contributed by atoms with Crippen molar-refractivity contribution in [2.45, 2.75) is 44.5 Å². The number of benzene rings is 2. The number of imidazole rings is 1. The lowest BCUT2D eigenvalue weighted by Crippen LogP contribution is -2.17. The molecule has 5 nitrogen and oxygen atoms in total. The van der Waals surface area contributed by atoms with Crippen LogP contribution in [0.5, 0.6) is 0 Å². The normalized spacial score (nSPS) is 16.1. The minimum atomic E-state index is 0.133. The zero-order chi connectivity index (χ0) is 22.1.